The molecule has 0 spiro atoms. The van der Waals surface area contributed by atoms with Crippen LogP contribution in [0, 0.1) is 0 Å². The molecule has 0 saturated carbocycles. The van der Waals surface area contributed by atoms with Gasteiger partial charge >= 0.3 is 0 Å². The van der Waals surface area contributed by atoms with Crippen LogP contribution in [0.2, 0.25) is 5.02 Å². The number of halogens is 1. The summed E-state index contributed by atoms with van der Waals surface area (Å²) in [6.07, 6.45) is 3.77. The van der Waals surface area contributed by atoms with Crippen molar-refractivity contribution in [3.05, 3.63) is 83.5 Å². The first-order valence-electron chi connectivity index (χ1n) is 9.66. The summed E-state index contributed by atoms with van der Waals surface area (Å²) in [7, 11) is 1.82. The molecule has 0 aliphatic rings. The Morgan fingerprint density at radius 2 is 1.86 bits per heavy atom. The highest BCUT2D eigenvalue weighted by Crippen LogP contribution is 2.32. The van der Waals surface area contributed by atoms with Crippen molar-refractivity contribution in [1.82, 2.24) is 9.97 Å². The Morgan fingerprint density at radius 1 is 1.07 bits per heavy atom. The van der Waals surface area contributed by atoms with Gasteiger partial charge in [0.05, 0.1) is 11.4 Å². The number of aromatic amines is 1. The molecular weight excluding hydrogens is 382 g/mol. The summed E-state index contributed by atoms with van der Waals surface area (Å²) in [5.41, 5.74) is 4.97. The molecule has 4 rings (SSSR count). The Labute approximate surface area is 175 Å². The molecule has 0 bridgehead atoms. The minimum Gasteiger partial charge on any atom is -0.353 e. The molecule has 0 aliphatic heterocycles. The van der Waals surface area contributed by atoms with Crippen LogP contribution in [0.3, 0.4) is 0 Å². The smallest absolute Gasteiger partial charge is 0.226 e. The number of para-hydroxylation sites is 1. The molecule has 2 aromatic carbocycles. The fourth-order valence-electron chi connectivity index (χ4n) is 3.59. The van der Waals surface area contributed by atoms with E-state index in [0.717, 1.165) is 46.4 Å². The van der Waals surface area contributed by atoms with E-state index in [9.17, 15) is 4.79 Å². The maximum atomic E-state index is 12.6. The molecule has 2 aromatic heterocycles. The van der Waals surface area contributed by atoms with Gasteiger partial charge in [-0.05, 0) is 60.9 Å². The number of H-pyrrole nitrogens is 1. The van der Waals surface area contributed by atoms with E-state index in [-0.39, 0.29) is 5.91 Å². The van der Waals surface area contributed by atoms with Crippen LogP contribution in [0.5, 0.6) is 0 Å². The number of carbonyl (C=O) groups is 1. The Balaban J connectivity index is 1.56. The predicted molar refractivity (Wildman–Crippen MR) is 119 cm³/mol. The van der Waals surface area contributed by atoms with E-state index in [1.54, 1.807) is 11.1 Å². The molecule has 0 aliphatic carbocycles. The maximum absolute atomic E-state index is 12.6. The number of nitrogens with zero attached hydrogens (tertiary/aromatic N) is 2. The van der Waals surface area contributed by atoms with Crippen molar-refractivity contribution in [2.75, 3.05) is 11.9 Å². The van der Waals surface area contributed by atoms with Crippen molar-refractivity contribution >= 4 is 34.1 Å². The van der Waals surface area contributed by atoms with Crippen molar-refractivity contribution in [3.8, 4) is 11.4 Å². The SMILES string of the molecule is CN(C(=O)CCCc1c(-c2ccccn2)[nH]c2ccc(Cl)cc12)c1ccccc1. The van der Waals surface area contributed by atoms with Gasteiger partial charge in [-0.25, -0.2) is 0 Å². The molecule has 4 nitrogen and oxygen atoms in total. The van der Waals surface area contributed by atoms with E-state index in [1.807, 2.05) is 73.8 Å². The Morgan fingerprint density at radius 3 is 2.62 bits per heavy atom. The van der Waals surface area contributed by atoms with Gasteiger partial charge in [0.1, 0.15) is 0 Å². The summed E-state index contributed by atoms with van der Waals surface area (Å²) < 4.78 is 0. The number of aryl methyl sites for hydroxylation is 1. The van der Waals surface area contributed by atoms with Crippen LogP contribution in [0.4, 0.5) is 5.69 Å². The molecule has 0 fully saturated rings. The second-order valence-electron chi connectivity index (χ2n) is 7.03. The molecule has 0 atom stereocenters. The number of pyridine rings is 1. The molecule has 146 valence electrons. The van der Waals surface area contributed by atoms with Gasteiger partial charge in [0.25, 0.3) is 0 Å². The molecule has 1 amide bonds. The van der Waals surface area contributed by atoms with Crippen LogP contribution in [-0.2, 0) is 11.2 Å². The van der Waals surface area contributed by atoms with E-state index in [4.69, 9.17) is 11.6 Å². The lowest BCUT2D eigenvalue weighted by molar-refractivity contribution is -0.118. The molecule has 2 heterocycles. The summed E-state index contributed by atoms with van der Waals surface area (Å²) in [5, 5.41) is 1.78. The van der Waals surface area contributed by atoms with Crippen LogP contribution in [-0.4, -0.2) is 22.9 Å². The zero-order valence-electron chi connectivity index (χ0n) is 16.2. The van der Waals surface area contributed by atoms with Gasteiger partial charge in [-0.1, -0.05) is 35.9 Å². The van der Waals surface area contributed by atoms with Crippen LogP contribution >= 0.6 is 11.6 Å². The highest BCUT2D eigenvalue weighted by molar-refractivity contribution is 6.31. The Hall–Kier alpha value is -3.11. The maximum Gasteiger partial charge on any atom is 0.226 e. The largest absolute Gasteiger partial charge is 0.353 e. The summed E-state index contributed by atoms with van der Waals surface area (Å²) in [5.74, 6) is 0.105. The number of benzene rings is 2. The number of anilines is 1. The van der Waals surface area contributed by atoms with Gasteiger partial charge in [-0.3, -0.25) is 9.78 Å². The molecule has 0 saturated heterocycles. The van der Waals surface area contributed by atoms with Gasteiger partial charge in [0.15, 0.2) is 0 Å². The Kier molecular flexibility index (Phi) is 5.63. The third-order valence-corrected chi connectivity index (χ3v) is 5.36. The first kappa shape index (κ1) is 19.2. The lowest BCUT2D eigenvalue weighted by Gasteiger charge is -2.17. The van der Waals surface area contributed by atoms with E-state index >= 15 is 0 Å². The van der Waals surface area contributed by atoms with Crippen molar-refractivity contribution in [3.63, 3.8) is 0 Å². The average molecular weight is 404 g/mol. The fourth-order valence-corrected chi connectivity index (χ4v) is 3.76. The van der Waals surface area contributed by atoms with Gasteiger partial charge < -0.3 is 9.88 Å². The highest BCUT2D eigenvalue weighted by atomic mass is 35.5. The third kappa shape index (κ3) is 4.17. The number of carbonyl (C=O) groups excluding carboxylic acids is 1. The minimum atomic E-state index is 0.105. The van der Waals surface area contributed by atoms with Crippen molar-refractivity contribution in [1.29, 1.82) is 0 Å². The lowest BCUT2D eigenvalue weighted by atomic mass is 10.0. The third-order valence-electron chi connectivity index (χ3n) is 5.12. The average Bonchev–Trinajstić information content (AvgIpc) is 3.12. The van der Waals surface area contributed by atoms with Crippen LogP contribution in [0.25, 0.3) is 22.3 Å². The van der Waals surface area contributed by atoms with Gasteiger partial charge in [-0.2, -0.15) is 0 Å². The number of hydrogen-bond donors (Lipinski definition) is 1. The second kappa shape index (κ2) is 8.50. The van der Waals surface area contributed by atoms with Crippen molar-refractivity contribution < 1.29 is 4.79 Å². The quantitative estimate of drug-likeness (QED) is 0.437. The van der Waals surface area contributed by atoms with Gasteiger partial charge in [-0.15, -0.1) is 0 Å². The predicted octanol–water partition coefficient (Wildman–Crippen LogP) is 5.87. The zero-order chi connectivity index (χ0) is 20.2. The van der Waals surface area contributed by atoms with Gasteiger partial charge in [0, 0.05) is 41.3 Å². The normalized spacial score (nSPS) is 11.0. The number of fused-ring (bicyclic) bond motifs is 1. The van der Waals surface area contributed by atoms with Crippen LogP contribution in [0.1, 0.15) is 18.4 Å². The summed E-state index contributed by atoms with van der Waals surface area (Å²) in [4.78, 5) is 22.3. The number of nitrogens with one attached hydrogen (secondary N) is 1. The second-order valence-corrected chi connectivity index (χ2v) is 7.46. The minimum absolute atomic E-state index is 0.105. The standard InChI is InChI=1S/C24H22ClN3O/c1-28(18-8-3-2-4-9-18)23(29)12-7-10-19-20-16-17(25)13-14-21(20)27-24(19)22-11-5-6-15-26-22/h2-6,8-9,11,13-16,27H,7,10,12H2,1H3. The molecule has 4 aromatic rings. The van der Waals surface area contributed by atoms with E-state index in [1.165, 1.54) is 0 Å². The summed E-state index contributed by atoms with van der Waals surface area (Å²) in [6.45, 7) is 0. The van der Waals surface area contributed by atoms with E-state index in [0.29, 0.717) is 11.4 Å². The number of amides is 1. The molecule has 0 unspecified atom stereocenters. The first-order chi connectivity index (χ1) is 14.1. The van der Waals surface area contributed by atoms with Crippen molar-refractivity contribution in [2.45, 2.75) is 19.3 Å². The van der Waals surface area contributed by atoms with Crippen LogP contribution in [0.15, 0.2) is 72.9 Å². The molecule has 1 N–H and O–H groups in total. The first-order valence-corrected chi connectivity index (χ1v) is 10.0. The Bertz CT molecular complexity index is 1120. The monoisotopic (exact) mass is 403 g/mol. The van der Waals surface area contributed by atoms with Crippen LogP contribution < -0.4 is 4.90 Å². The molecule has 29 heavy (non-hydrogen) atoms. The zero-order valence-corrected chi connectivity index (χ0v) is 17.0. The summed E-state index contributed by atoms with van der Waals surface area (Å²) >= 11 is 6.25. The number of hydrogen-bond acceptors (Lipinski definition) is 2. The van der Waals surface area contributed by atoms with Crippen molar-refractivity contribution in [2.24, 2.45) is 0 Å². The van der Waals surface area contributed by atoms with E-state index < -0.39 is 0 Å². The highest BCUT2D eigenvalue weighted by Gasteiger charge is 2.16. The molecule has 0 radical (unpaired) electrons. The molecular formula is C24H22ClN3O. The fraction of sp³-hybridized carbons (Fsp3) is 0.167. The number of rotatable bonds is 6. The topological polar surface area (TPSA) is 49.0 Å². The molecule has 5 heteroatoms. The number of aromatic nitrogens is 2. The lowest BCUT2D eigenvalue weighted by Crippen LogP contribution is -2.25. The van der Waals surface area contributed by atoms with Gasteiger partial charge in [0.2, 0.25) is 5.91 Å². The van der Waals surface area contributed by atoms with E-state index in [2.05, 4.69) is 9.97 Å². The summed E-state index contributed by atoms with van der Waals surface area (Å²) in [6, 6.07) is 21.4.